The molecule has 1 aromatic rings. The lowest BCUT2D eigenvalue weighted by Gasteiger charge is -2.37. The van der Waals surface area contributed by atoms with Gasteiger partial charge in [0.1, 0.15) is 0 Å². The minimum atomic E-state index is -0.389. The zero-order valence-electron chi connectivity index (χ0n) is 19.7. The molecule has 0 aromatic heterocycles. The number of amides is 2. The number of halogens is 1. The molecule has 0 aliphatic carbocycles. The van der Waals surface area contributed by atoms with E-state index in [1.165, 1.54) is 11.0 Å². The van der Waals surface area contributed by atoms with Gasteiger partial charge in [-0.1, -0.05) is 19.9 Å². The molecule has 0 saturated carbocycles. The van der Waals surface area contributed by atoms with Crippen LogP contribution >= 0.6 is 0 Å². The Labute approximate surface area is 190 Å². The molecule has 3 rings (SSSR count). The van der Waals surface area contributed by atoms with Crippen molar-refractivity contribution in [3.63, 3.8) is 0 Å². The smallest absolute Gasteiger partial charge is 0.234 e. The lowest BCUT2D eigenvalue weighted by molar-refractivity contribution is -0.139. The minimum Gasteiger partial charge on any atom is -0.486 e. The second-order valence-corrected chi connectivity index (χ2v) is 9.45. The molecule has 2 aliphatic heterocycles. The van der Waals surface area contributed by atoms with E-state index in [0.717, 1.165) is 44.8 Å². The minimum absolute atomic E-state index is 0.0994. The zero-order chi connectivity index (χ0) is 23.4. The molecule has 2 unspecified atom stereocenters. The summed E-state index contributed by atoms with van der Waals surface area (Å²) in [7, 11) is 0. The van der Waals surface area contributed by atoms with E-state index >= 15 is 0 Å². The normalized spacial score (nSPS) is 21.2. The van der Waals surface area contributed by atoms with Crippen molar-refractivity contribution < 1.29 is 18.7 Å². The number of nitrogens with zero attached hydrogens (tertiary/aromatic N) is 3. The van der Waals surface area contributed by atoms with Crippen molar-refractivity contribution in [1.29, 1.82) is 0 Å². The van der Waals surface area contributed by atoms with Gasteiger partial charge in [0.15, 0.2) is 11.6 Å². The largest absolute Gasteiger partial charge is 0.486 e. The number of likely N-dealkylation sites (tertiary alicyclic amines) is 1. The fraction of sp³-hybridized carbons (Fsp3) is 0.667. The van der Waals surface area contributed by atoms with Crippen molar-refractivity contribution in [2.24, 2.45) is 17.6 Å². The predicted octanol–water partition coefficient (Wildman–Crippen LogP) is 2.48. The molecule has 2 heterocycles. The topological polar surface area (TPSA) is 79.1 Å². The van der Waals surface area contributed by atoms with E-state index in [-0.39, 0.29) is 48.0 Å². The third kappa shape index (κ3) is 5.59. The van der Waals surface area contributed by atoms with Gasteiger partial charge in [-0.2, -0.15) is 0 Å². The van der Waals surface area contributed by atoms with Crippen LogP contribution in [-0.2, 0) is 9.59 Å². The lowest BCUT2D eigenvalue weighted by atomic mass is 9.90. The van der Waals surface area contributed by atoms with Gasteiger partial charge in [-0.25, -0.2) is 4.39 Å². The standard InChI is InChI=1S/C24H37FN4O3/c1-16(2)22(26)18-15-21(30)29(24(18)31)10-6-9-27-11-13-28(14-12-27)20-8-5-7-19(25)23(20)32-17(3)4/h5,7-8,16-18,22H,6,9-15,26H2,1-4H3. The molecule has 8 heteroatoms. The zero-order valence-corrected chi connectivity index (χ0v) is 19.7. The first-order valence-corrected chi connectivity index (χ1v) is 11.7. The van der Waals surface area contributed by atoms with Crippen molar-refractivity contribution in [1.82, 2.24) is 9.80 Å². The molecule has 0 radical (unpaired) electrons. The van der Waals surface area contributed by atoms with Gasteiger partial charge in [0.25, 0.3) is 0 Å². The number of anilines is 1. The Hall–Kier alpha value is -2.19. The van der Waals surface area contributed by atoms with Gasteiger partial charge >= 0.3 is 0 Å². The summed E-state index contributed by atoms with van der Waals surface area (Å²) in [6.07, 6.45) is 0.867. The van der Waals surface area contributed by atoms with E-state index in [2.05, 4.69) is 9.80 Å². The maximum absolute atomic E-state index is 14.3. The predicted molar refractivity (Wildman–Crippen MR) is 123 cm³/mol. The first-order valence-electron chi connectivity index (χ1n) is 11.7. The SMILES string of the molecule is CC(C)Oc1c(F)cccc1N1CCN(CCCN2C(=O)CC(C(N)C(C)C)C2=O)CC1. The molecule has 2 N–H and O–H groups in total. The summed E-state index contributed by atoms with van der Waals surface area (Å²) < 4.78 is 20.0. The van der Waals surface area contributed by atoms with Gasteiger partial charge in [0, 0.05) is 45.2 Å². The molecule has 2 atom stereocenters. The summed E-state index contributed by atoms with van der Waals surface area (Å²) in [6.45, 7) is 12.2. The maximum atomic E-state index is 14.3. The van der Waals surface area contributed by atoms with Crippen LogP contribution in [0.15, 0.2) is 18.2 Å². The van der Waals surface area contributed by atoms with E-state index in [1.807, 2.05) is 33.8 Å². The monoisotopic (exact) mass is 448 g/mol. The highest BCUT2D eigenvalue weighted by Gasteiger charge is 2.42. The third-order valence-electron chi connectivity index (χ3n) is 6.38. The first-order chi connectivity index (χ1) is 15.2. The Morgan fingerprint density at radius 2 is 1.78 bits per heavy atom. The van der Waals surface area contributed by atoms with E-state index in [1.54, 1.807) is 6.07 Å². The summed E-state index contributed by atoms with van der Waals surface area (Å²) in [5.41, 5.74) is 6.94. The molecule has 7 nitrogen and oxygen atoms in total. The summed E-state index contributed by atoms with van der Waals surface area (Å²) in [5, 5.41) is 0. The van der Waals surface area contributed by atoms with E-state index in [4.69, 9.17) is 10.5 Å². The number of ether oxygens (including phenoxy) is 1. The van der Waals surface area contributed by atoms with Crippen molar-refractivity contribution in [2.45, 2.75) is 52.7 Å². The molecule has 0 spiro atoms. The number of piperazine rings is 1. The fourth-order valence-corrected chi connectivity index (χ4v) is 4.47. The quantitative estimate of drug-likeness (QED) is 0.585. The van der Waals surface area contributed by atoms with Gasteiger partial charge in [0.05, 0.1) is 17.7 Å². The Morgan fingerprint density at radius 3 is 2.41 bits per heavy atom. The number of imide groups is 1. The second kappa shape index (κ2) is 10.6. The molecule has 2 saturated heterocycles. The Kier molecular flexibility index (Phi) is 8.11. The Bertz CT molecular complexity index is 808. The van der Waals surface area contributed by atoms with Crippen LogP contribution in [0.5, 0.6) is 5.75 Å². The van der Waals surface area contributed by atoms with Crippen LogP contribution in [0.4, 0.5) is 10.1 Å². The molecule has 178 valence electrons. The maximum Gasteiger partial charge on any atom is 0.234 e. The molecule has 2 amide bonds. The van der Waals surface area contributed by atoms with Crippen LogP contribution < -0.4 is 15.4 Å². The van der Waals surface area contributed by atoms with Gasteiger partial charge in [0.2, 0.25) is 11.8 Å². The summed E-state index contributed by atoms with van der Waals surface area (Å²) in [4.78, 5) is 30.8. The van der Waals surface area contributed by atoms with Crippen LogP contribution in [-0.4, -0.2) is 73.0 Å². The Balaban J connectivity index is 1.48. The van der Waals surface area contributed by atoms with Gasteiger partial charge in [-0.3, -0.25) is 19.4 Å². The van der Waals surface area contributed by atoms with Crippen LogP contribution in [0.2, 0.25) is 0 Å². The summed E-state index contributed by atoms with van der Waals surface area (Å²) in [6, 6.07) is 4.76. The van der Waals surface area contributed by atoms with Crippen LogP contribution in [0, 0.1) is 17.7 Å². The molecule has 2 aliphatic rings. The lowest BCUT2D eigenvalue weighted by Crippen LogP contribution is -2.47. The van der Waals surface area contributed by atoms with E-state index in [9.17, 15) is 14.0 Å². The molecule has 32 heavy (non-hydrogen) atoms. The van der Waals surface area contributed by atoms with Crippen LogP contribution in [0.1, 0.15) is 40.5 Å². The Morgan fingerprint density at radius 1 is 1.09 bits per heavy atom. The number of hydrogen-bond donors (Lipinski definition) is 1. The molecular weight excluding hydrogens is 411 g/mol. The van der Waals surface area contributed by atoms with Crippen molar-refractivity contribution in [3.05, 3.63) is 24.0 Å². The van der Waals surface area contributed by atoms with Crippen molar-refractivity contribution in [3.8, 4) is 5.75 Å². The van der Waals surface area contributed by atoms with Gasteiger partial charge in [-0.15, -0.1) is 0 Å². The second-order valence-electron chi connectivity index (χ2n) is 9.45. The average molecular weight is 449 g/mol. The molecule has 2 fully saturated rings. The molecule has 1 aromatic carbocycles. The highest BCUT2D eigenvalue weighted by atomic mass is 19.1. The van der Waals surface area contributed by atoms with E-state index in [0.29, 0.717) is 12.3 Å². The summed E-state index contributed by atoms with van der Waals surface area (Å²) in [5.74, 6) is -0.475. The van der Waals surface area contributed by atoms with Crippen LogP contribution in [0.3, 0.4) is 0 Å². The van der Waals surface area contributed by atoms with Crippen LogP contribution in [0.25, 0.3) is 0 Å². The fourth-order valence-electron chi connectivity index (χ4n) is 4.47. The number of hydrogen-bond acceptors (Lipinski definition) is 6. The number of benzene rings is 1. The number of nitrogens with two attached hydrogens (primary N) is 1. The summed E-state index contributed by atoms with van der Waals surface area (Å²) >= 11 is 0. The van der Waals surface area contributed by atoms with E-state index < -0.39 is 0 Å². The number of carbonyl (C=O) groups is 2. The molecule has 0 bridgehead atoms. The number of rotatable bonds is 9. The van der Waals surface area contributed by atoms with Gasteiger partial charge < -0.3 is 15.4 Å². The van der Waals surface area contributed by atoms with Crippen molar-refractivity contribution in [2.75, 3.05) is 44.2 Å². The average Bonchev–Trinajstić information content (AvgIpc) is 3.03. The van der Waals surface area contributed by atoms with Gasteiger partial charge in [-0.05, 0) is 44.9 Å². The number of carbonyl (C=O) groups excluding carboxylic acids is 2. The third-order valence-corrected chi connectivity index (χ3v) is 6.38. The number of para-hydroxylation sites is 1. The van der Waals surface area contributed by atoms with Crippen molar-refractivity contribution >= 4 is 17.5 Å². The first kappa shape index (κ1) is 24.5. The highest BCUT2D eigenvalue weighted by Crippen LogP contribution is 2.33. The highest BCUT2D eigenvalue weighted by molar-refractivity contribution is 6.03. The molecular formula is C24H37FN4O3.